The molecule has 1 fully saturated rings. The maximum Gasteiger partial charge on any atom is 0.286 e. The highest BCUT2D eigenvalue weighted by Crippen LogP contribution is 2.48. The molecule has 0 bridgehead atoms. The van der Waals surface area contributed by atoms with Crippen molar-refractivity contribution in [3.05, 3.63) is 53.8 Å². The number of hydrogen-bond donors (Lipinski definition) is 1. The number of rotatable bonds is 6. The van der Waals surface area contributed by atoms with Gasteiger partial charge in [0.05, 0.1) is 17.6 Å². The van der Waals surface area contributed by atoms with Crippen LogP contribution in [0.3, 0.4) is 0 Å². The lowest BCUT2D eigenvalue weighted by molar-refractivity contribution is -0.139. The SMILES string of the molecule is CC(=O)c1nn(CC(=O)N2[C@H](C(C)=O)C[C@@]3(C)C=C[C@@H]23)c2c(C)cc(-c3cnc(C(N)=O)nc3)cc12. The highest BCUT2D eigenvalue weighted by Gasteiger charge is 2.54. The van der Waals surface area contributed by atoms with Crippen LogP contribution in [0, 0.1) is 12.3 Å². The van der Waals surface area contributed by atoms with Gasteiger partial charge >= 0.3 is 0 Å². The Hall–Kier alpha value is -4.21. The number of aryl methyl sites for hydroxylation is 1. The molecular weight excluding hydrogens is 460 g/mol. The first kappa shape index (κ1) is 23.5. The third-order valence-electron chi connectivity index (χ3n) is 7.22. The van der Waals surface area contributed by atoms with E-state index in [0.29, 0.717) is 22.9 Å². The van der Waals surface area contributed by atoms with Crippen molar-refractivity contribution in [2.24, 2.45) is 11.1 Å². The smallest absolute Gasteiger partial charge is 0.286 e. The Morgan fingerprint density at radius 2 is 1.81 bits per heavy atom. The second-order valence-corrected chi connectivity index (χ2v) is 9.85. The number of likely N-dealkylation sites (tertiary alicyclic amines) is 1. The van der Waals surface area contributed by atoms with Crippen LogP contribution in [0.2, 0.25) is 0 Å². The number of carbonyl (C=O) groups excluding carboxylic acids is 4. The van der Waals surface area contributed by atoms with Gasteiger partial charge in [-0.05, 0) is 43.5 Å². The number of nitrogens with zero attached hydrogens (tertiary/aromatic N) is 5. The van der Waals surface area contributed by atoms with E-state index in [1.54, 1.807) is 15.6 Å². The van der Waals surface area contributed by atoms with Crippen molar-refractivity contribution in [1.82, 2.24) is 24.6 Å². The van der Waals surface area contributed by atoms with E-state index in [4.69, 9.17) is 5.73 Å². The Morgan fingerprint density at radius 3 is 2.36 bits per heavy atom. The van der Waals surface area contributed by atoms with Crippen LogP contribution in [0.25, 0.3) is 22.0 Å². The largest absolute Gasteiger partial charge is 0.363 e. The van der Waals surface area contributed by atoms with Gasteiger partial charge in [-0.2, -0.15) is 5.10 Å². The maximum atomic E-state index is 13.5. The van der Waals surface area contributed by atoms with Gasteiger partial charge in [-0.15, -0.1) is 0 Å². The summed E-state index contributed by atoms with van der Waals surface area (Å²) < 4.78 is 1.55. The summed E-state index contributed by atoms with van der Waals surface area (Å²) in [4.78, 5) is 59.3. The van der Waals surface area contributed by atoms with Crippen LogP contribution in [0.15, 0.2) is 36.7 Å². The summed E-state index contributed by atoms with van der Waals surface area (Å²) in [6.45, 7) is 6.78. The average Bonchev–Trinajstić information content (AvgIpc) is 3.28. The Balaban J connectivity index is 1.54. The highest BCUT2D eigenvalue weighted by atomic mass is 16.2. The van der Waals surface area contributed by atoms with Crippen LogP contribution in [0.5, 0.6) is 0 Å². The number of hydrogen-bond acceptors (Lipinski definition) is 7. The monoisotopic (exact) mass is 486 g/mol. The number of amides is 2. The maximum absolute atomic E-state index is 13.5. The Morgan fingerprint density at radius 1 is 1.11 bits per heavy atom. The fraction of sp³-hybridized carbons (Fsp3) is 0.346. The first-order valence-corrected chi connectivity index (χ1v) is 11.7. The molecule has 2 aromatic heterocycles. The van der Waals surface area contributed by atoms with Crippen molar-refractivity contribution in [3.63, 3.8) is 0 Å². The molecule has 3 aromatic rings. The molecule has 3 atom stereocenters. The molecule has 1 aromatic carbocycles. The molecule has 1 aliphatic carbocycles. The number of benzene rings is 1. The standard InChI is InChI=1S/C26H26N6O4/c1-13-7-16(17-10-28-25(24(27)36)29-11-17)8-18-22(15(3)34)30-31(23(13)18)12-21(35)32-19(14(2)33)9-26(4)6-5-20(26)32/h5-8,10-11,19-20H,9,12H2,1-4H3,(H2,27,36)/t19-,20+,26+/m0/s1. The molecule has 2 amide bonds. The molecule has 0 saturated carbocycles. The number of ketones is 2. The summed E-state index contributed by atoms with van der Waals surface area (Å²) in [5, 5.41) is 5.11. The molecular formula is C26H26N6O4. The van der Waals surface area contributed by atoms with E-state index in [0.717, 1.165) is 11.1 Å². The molecule has 5 rings (SSSR count). The van der Waals surface area contributed by atoms with E-state index in [1.807, 2.05) is 19.1 Å². The summed E-state index contributed by atoms with van der Waals surface area (Å²) in [6.07, 6.45) is 7.61. The normalized spacial score (nSPS) is 22.4. The van der Waals surface area contributed by atoms with E-state index < -0.39 is 11.9 Å². The van der Waals surface area contributed by atoms with Crippen LogP contribution in [0.4, 0.5) is 0 Å². The van der Waals surface area contributed by atoms with Crippen molar-refractivity contribution < 1.29 is 19.2 Å². The fourth-order valence-electron chi connectivity index (χ4n) is 5.37. The van der Waals surface area contributed by atoms with E-state index >= 15 is 0 Å². The molecule has 2 N–H and O–H groups in total. The third-order valence-corrected chi connectivity index (χ3v) is 7.22. The number of fused-ring (bicyclic) bond motifs is 2. The van der Waals surface area contributed by atoms with E-state index in [2.05, 4.69) is 28.1 Å². The number of carbonyl (C=O) groups is 4. The zero-order chi connectivity index (χ0) is 25.9. The van der Waals surface area contributed by atoms with Gasteiger partial charge in [0.15, 0.2) is 11.6 Å². The lowest BCUT2D eigenvalue weighted by Gasteiger charge is -2.38. The topological polar surface area (TPSA) is 141 Å². The van der Waals surface area contributed by atoms with E-state index in [-0.39, 0.29) is 47.0 Å². The van der Waals surface area contributed by atoms with Gasteiger partial charge in [0.1, 0.15) is 12.2 Å². The summed E-state index contributed by atoms with van der Waals surface area (Å²) in [5.74, 6) is -1.30. The quantitative estimate of drug-likeness (QED) is 0.416. The van der Waals surface area contributed by atoms with Gasteiger partial charge in [-0.1, -0.05) is 19.1 Å². The van der Waals surface area contributed by atoms with Crippen molar-refractivity contribution in [3.8, 4) is 11.1 Å². The third kappa shape index (κ3) is 3.60. The van der Waals surface area contributed by atoms with Crippen LogP contribution < -0.4 is 5.73 Å². The summed E-state index contributed by atoms with van der Waals surface area (Å²) in [7, 11) is 0. The fourth-order valence-corrected chi connectivity index (χ4v) is 5.37. The van der Waals surface area contributed by atoms with Crippen LogP contribution >= 0.6 is 0 Å². The predicted molar refractivity (Wildman–Crippen MR) is 131 cm³/mol. The van der Waals surface area contributed by atoms with Gasteiger partial charge in [-0.3, -0.25) is 23.9 Å². The molecule has 184 valence electrons. The lowest BCUT2D eigenvalue weighted by atomic mass is 9.73. The lowest BCUT2D eigenvalue weighted by Crippen LogP contribution is -2.49. The molecule has 36 heavy (non-hydrogen) atoms. The average molecular weight is 487 g/mol. The minimum Gasteiger partial charge on any atom is -0.363 e. The summed E-state index contributed by atoms with van der Waals surface area (Å²) in [6, 6.07) is 3.09. The molecule has 10 heteroatoms. The minimum absolute atomic E-state index is 0.0408. The van der Waals surface area contributed by atoms with Crippen molar-refractivity contribution in [2.45, 2.75) is 52.7 Å². The molecule has 1 saturated heterocycles. The van der Waals surface area contributed by atoms with E-state index in [9.17, 15) is 19.2 Å². The van der Waals surface area contributed by atoms with Gasteiger partial charge in [0.2, 0.25) is 11.7 Å². The van der Waals surface area contributed by atoms with Crippen LogP contribution in [-0.2, 0) is 16.1 Å². The molecule has 3 heterocycles. The molecule has 1 aliphatic heterocycles. The van der Waals surface area contributed by atoms with Gasteiger partial charge < -0.3 is 10.6 Å². The zero-order valence-corrected chi connectivity index (χ0v) is 20.5. The summed E-state index contributed by atoms with van der Waals surface area (Å²) in [5.41, 5.74) is 8.11. The number of aromatic nitrogens is 4. The molecule has 10 nitrogen and oxygen atoms in total. The van der Waals surface area contributed by atoms with Crippen molar-refractivity contribution in [1.29, 1.82) is 0 Å². The second kappa shape index (κ2) is 8.18. The van der Waals surface area contributed by atoms with Crippen molar-refractivity contribution >= 4 is 34.3 Å². The second-order valence-electron chi connectivity index (χ2n) is 9.85. The van der Waals surface area contributed by atoms with Gasteiger partial charge in [-0.25, -0.2) is 9.97 Å². The Kier molecular flexibility index (Phi) is 5.35. The number of nitrogens with two attached hydrogens (primary N) is 1. The van der Waals surface area contributed by atoms with Gasteiger partial charge in [0, 0.05) is 35.7 Å². The first-order chi connectivity index (χ1) is 17.0. The summed E-state index contributed by atoms with van der Waals surface area (Å²) >= 11 is 0. The zero-order valence-electron chi connectivity index (χ0n) is 20.5. The predicted octanol–water partition coefficient (Wildman–Crippen LogP) is 2.24. The van der Waals surface area contributed by atoms with Crippen LogP contribution in [0.1, 0.15) is 53.9 Å². The van der Waals surface area contributed by atoms with Gasteiger partial charge in [0.25, 0.3) is 5.91 Å². The number of primary amides is 1. The number of Topliss-reactive ketones (excluding diaryl/α,β-unsaturated/α-hetero) is 2. The van der Waals surface area contributed by atoms with Crippen LogP contribution in [-0.4, -0.2) is 60.1 Å². The first-order valence-electron chi connectivity index (χ1n) is 11.7. The van der Waals surface area contributed by atoms with E-state index in [1.165, 1.54) is 26.2 Å². The molecule has 2 aliphatic rings. The minimum atomic E-state index is -0.722. The van der Waals surface area contributed by atoms with Crippen molar-refractivity contribution in [2.75, 3.05) is 0 Å². The molecule has 0 radical (unpaired) electrons. The Labute approximate surface area is 207 Å². The Bertz CT molecular complexity index is 1490. The highest BCUT2D eigenvalue weighted by molar-refractivity contribution is 6.07. The molecule has 0 unspecified atom stereocenters. The molecule has 0 spiro atoms.